The summed E-state index contributed by atoms with van der Waals surface area (Å²) in [5, 5.41) is 2.93. The molecule has 2 aliphatic rings. The molecule has 0 atom stereocenters. The summed E-state index contributed by atoms with van der Waals surface area (Å²) in [7, 11) is 0. The molecule has 2 heterocycles. The Balaban J connectivity index is 1.50. The molecule has 0 aromatic heterocycles. The zero-order valence-electron chi connectivity index (χ0n) is 16.5. The fourth-order valence-electron chi connectivity index (χ4n) is 3.62. The van der Waals surface area contributed by atoms with Gasteiger partial charge in [0.1, 0.15) is 5.75 Å². The largest absolute Gasteiger partial charge is 0.482 e. The van der Waals surface area contributed by atoms with Crippen LogP contribution in [0.3, 0.4) is 0 Å². The zero-order chi connectivity index (χ0) is 20.2. The smallest absolute Gasteiger partial charge is 0.265 e. The summed E-state index contributed by atoms with van der Waals surface area (Å²) in [6.07, 6.45) is 0. The van der Waals surface area contributed by atoms with Gasteiger partial charge in [-0.1, -0.05) is 18.2 Å². The SMILES string of the molecule is Cc1ccccc1C(=O)Nc1ccc2c(c1)N(CCN1CCOCC1)C(=O)CO2. The van der Waals surface area contributed by atoms with E-state index in [9.17, 15) is 9.59 Å². The first-order valence-electron chi connectivity index (χ1n) is 9.86. The highest BCUT2D eigenvalue weighted by molar-refractivity contribution is 6.06. The van der Waals surface area contributed by atoms with Crippen LogP contribution in [0.5, 0.6) is 5.75 Å². The van der Waals surface area contributed by atoms with Crippen LogP contribution >= 0.6 is 0 Å². The molecule has 7 heteroatoms. The number of nitrogens with zero attached hydrogens (tertiary/aromatic N) is 2. The third kappa shape index (κ3) is 4.41. The lowest BCUT2D eigenvalue weighted by Crippen LogP contribution is -2.45. The van der Waals surface area contributed by atoms with Gasteiger partial charge in [0, 0.05) is 37.4 Å². The predicted octanol–water partition coefficient (Wildman–Crippen LogP) is 2.30. The van der Waals surface area contributed by atoms with Gasteiger partial charge >= 0.3 is 0 Å². The fraction of sp³-hybridized carbons (Fsp3) is 0.364. The van der Waals surface area contributed by atoms with Gasteiger partial charge in [-0.05, 0) is 36.8 Å². The van der Waals surface area contributed by atoms with Crippen LogP contribution in [0, 0.1) is 6.92 Å². The van der Waals surface area contributed by atoms with Gasteiger partial charge in [0.15, 0.2) is 6.61 Å². The van der Waals surface area contributed by atoms with E-state index in [1.807, 2.05) is 31.2 Å². The number of carbonyl (C=O) groups is 2. The van der Waals surface area contributed by atoms with Gasteiger partial charge in [-0.25, -0.2) is 0 Å². The molecule has 2 aromatic rings. The topological polar surface area (TPSA) is 71.1 Å². The highest BCUT2D eigenvalue weighted by atomic mass is 16.5. The first-order chi connectivity index (χ1) is 14.1. The van der Waals surface area contributed by atoms with Gasteiger partial charge in [-0.15, -0.1) is 0 Å². The highest BCUT2D eigenvalue weighted by Crippen LogP contribution is 2.34. The molecular formula is C22H25N3O4. The van der Waals surface area contributed by atoms with Gasteiger partial charge in [-0.3, -0.25) is 14.5 Å². The standard InChI is InChI=1S/C22H25N3O4/c1-16-4-2-3-5-18(16)22(27)23-17-6-7-20-19(14-17)25(21(26)15-29-20)9-8-24-10-12-28-13-11-24/h2-7,14H,8-13,15H2,1H3,(H,23,27). The van der Waals surface area contributed by atoms with Crippen LogP contribution in [0.1, 0.15) is 15.9 Å². The second kappa shape index (κ2) is 8.63. The molecule has 2 amide bonds. The monoisotopic (exact) mass is 395 g/mol. The number of benzene rings is 2. The van der Waals surface area contributed by atoms with Gasteiger partial charge in [-0.2, -0.15) is 0 Å². The van der Waals surface area contributed by atoms with Crippen molar-refractivity contribution in [3.63, 3.8) is 0 Å². The average Bonchev–Trinajstić information content (AvgIpc) is 2.74. The van der Waals surface area contributed by atoms with E-state index in [2.05, 4.69) is 10.2 Å². The number of amides is 2. The third-order valence-corrected chi connectivity index (χ3v) is 5.29. The number of nitrogens with one attached hydrogen (secondary N) is 1. The first-order valence-corrected chi connectivity index (χ1v) is 9.86. The lowest BCUT2D eigenvalue weighted by Gasteiger charge is -2.33. The van der Waals surface area contributed by atoms with Crippen LogP contribution in [-0.4, -0.2) is 62.7 Å². The van der Waals surface area contributed by atoms with Gasteiger partial charge in [0.05, 0.1) is 18.9 Å². The minimum absolute atomic E-state index is 0.0328. The minimum Gasteiger partial charge on any atom is -0.482 e. The second-order valence-corrected chi connectivity index (χ2v) is 7.24. The molecule has 1 fully saturated rings. The lowest BCUT2D eigenvalue weighted by molar-refractivity contribution is -0.121. The molecule has 2 aromatic carbocycles. The van der Waals surface area contributed by atoms with Crippen LogP contribution in [0.4, 0.5) is 11.4 Å². The van der Waals surface area contributed by atoms with E-state index in [-0.39, 0.29) is 18.4 Å². The number of morpholine rings is 1. The van der Waals surface area contributed by atoms with Crippen molar-refractivity contribution in [1.82, 2.24) is 4.90 Å². The molecule has 0 unspecified atom stereocenters. The maximum atomic E-state index is 12.6. The maximum Gasteiger partial charge on any atom is 0.265 e. The Labute approximate surface area is 170 Å². The van der Waals surface area contributed by atoms with Crippen molar-refractivity contribution in [2.45, 2.75) is 6.92 Å². The Hall–Kier alpha value is -2.90. The number of hydrogen-bond donors (Lipinski definition) is 1. The normalized spacial score (nSPS) is 16.9. The Morgan fingerprint density at radius 1 is 1.10 bits per heavy atom. The van der Waals surface area contributed by atoms with E-state index >= 15 is 0 Å². The van der Waals surface area contributed by atoms with Crippen molar-refractivity contribution < 1.29 is 19.1 Å². The Morgan fingerprint density at radius 3 is 2.69 bits per heavy atom. The van der Waals surface area contributed by atoms with Gasteiger partial charge in [0.2, 0.25) is 0 Å². The van der Waals surface area contributed by atoms with Crippen molar-refractivity contribution in [3.05, 3.63) is 53.6 Å². The molecule has 7 nitrogen and oxygen atoms in total. The summed E-state index contributed by atoms with van der Waals surface area (Å²) in [6, 6.07) is 12.9. The maximum absolute atomic E-state index is 12.6. The van der Waals surface area contributed by atoms with Crippen LogP contribution in [-0.2, 0) is 9.53 Å². The molecule has 0 spiro atoms. The van der Waals surface area contributed by atoms with Gasteiger partial charge < -0.3 is 19.7 Å². The molecule has 0 bridgehead atoms. The van der Waals surface area contributed by atoms with Crippen LogP contribution in [0.25, 0.3) is 0 Å². The van der Waals surface area contributed by atoms with E-state index in [1.165, 1.54) is 0 Å². The summed E-state index contributed by atoms with van der Waals surface area (Å²) >= 11 is 0. The predicted molar refractivity (Wildman–Crippen MR) is 111 cm³/mol. The summed E-state index contributed by atoms with van der Waals surface area (Å²) < 4.78 is 11.0. The second-order valence-electron chi connectivity index (χ2n) is 7.24. The quantitative estimate of drug-likeness (QED) is 0.841. The Bertz CT molecular complexity index is 909. The van der Waals surface area contributed by atoms with E-state index in [4.69, 9.17) is 9.47 Å². The molecule has 0 aliphatic carbocycles. The summed E-state index contributed by atoms with van der Waals surface area (Å²) in [5.74, 6) is 0.402. The molecule has 0 radical (unpaired) electrons. The molecule has 0 saturated carbocycles. The van der Waals surface area contributed by atoms with Crippen molar-refractivity contribution in [1.29, 1.82) is 0 Å². The number of anilines is 2. The number of ether oxygens (including phenoxy) is 2. The molecular weight excluding hydrogens is 370 g/mol. The molecule has 1 N–H and O–H groups in total. The molecule has 2 aliphatic heterocycles. The third-order valence-electron chi connectivity index (χ3n) is 5.29. The van der Waals surface area contributed by atoms with E-state index in [1.54, 1.807) is 23.1 Å². The van der Waals surface area contributed by atoms with Crippen molar-refractivity contribution in [2.24, 2.45) is 0 Å². The average molecular weight is 395 g/mol. The zero-order valence-corrected chi connectivity index (χ0v) is 16.5. The minimum atomic E-state index is -0.175. The van der Waals surface area contributed by atoms with Crippen LogP contribution < -0.4 is 15.0 Å². The Kier molecular flexibility index (Phi) is 5.78. The number of aryl methyl sites for hydroxylation is 1. The van der Waals surface area contributed by atoms with Crippen LogP contribution in [0.2, 0.25) is 0 Å². The Morgan fingerprint density at radius 2 is 1.90 bits per heavy atom. The van der Waals surface area contributed by atoms with E-state index < -0.39 is 0 Å². The molecule has 4 rings (SSSR count). The first kappa shape index (κ1) is 19.4. The lowest BCUT2D eigenvalue weighted by atomic mass is 10.1. The molecule has 29 heavy (non-hydrogen) atoms. The number of rotatable bonds is 5. The van der Waals surface area contributed by atoms with Crippen molar-refractivity contribution in [2.75, 3.05) is 56.2 Å². The van der Waals surface area contributed by atoms with Crippen molar-refractivity contribution in [3.8, 4) is 5.75 Å². The fourth-order valence-corrected chi connectivity index (χ4v) is 3.62. The molecule has 152 valence electrons. The van der Waals surface area contributed by atoms with E-state index in [0.29, 0.717) is 29.2 Å². The van der Waals surface area contributed by atoms with Gasteiger partial charge in [0.25, 0.3) is 11.8 Å². The number of hydrogen-bond acceptors (Lipinski definition) is 5. The summed E-state index contributed by atoms with van der Waals surface area (Å²) in [5.41, 5.74) is 2.86. The van der Waals surface area contributed by atoms with Crippen LogP contribution in [0.15, 0.2) is 42.5 Å². The number of fused-ring (bicyclic) bond motifs is 1. The van der Waals surface area contributed by atoms with E-state index in [0.717, 1.165) is 38.4 Å². The number of carbonyl (C=O) groups excluding carboxylic acids is 2. The summed E-state index contributed by atoms with van der Waals surface area (Å²) in [6.45, 7) is 6.48. The summed E-state index contributed by atoms with van der Waals surface area (Å²) in [4.78, 5) is 29.2. The molecule has 1 saturated heterocycles. The van der Waals surface area contributed by atoms with Crippen molar-refractivity contribution >= 4 is 23.2 Å². The highest BCUT2D eigenvalue weighted by Gasteiger charge is 2.26.